The van der Waals surface area contributed by atoms with E-state index in [1.807, 2.05) is 18.2 Å². The second kappa shape index (κ2) is 5.39. The average Bonchev–Trinajstić information content (AvgIpc) is 2.62. The van der Waals surface area contributed by atoms with Crippen LogP contribution in [-0.4, -0.2) is 23.5 Å². The number of nitrogens with zero attached hydrogens (tertiary/aromatic N) is 2. The molecule has 0 radical (unpaired) electrons. The molecule has 0 aliphatic carbocycles. The van der Waals surface area contributed by atoms with Crippen molar-refractivity contribution in [3.8, 4) is 0 Å². The summed E-state index contributed by atoms with van der Waals surface area (Å²) in [5.74, 6) is 0.170. The number of allylic oxidation sites excluding steroid dienone is 3. The van der Waals surface area contributed by atoms with Gasteiger partial charge in [-0.25, -0.2) is 9.98 Å². The molecule has 1 heterocycles. The van der Waals surface area contributed by atoms with Crippen LogP contribution in [0.1, 0.15) is 26.7 Å². The van der Waals surface area contributed by atoms with Gasteiger partial charge < -0.3 is 5.73 Å². The number of aliphatic imine (C=N–C) groups is 2. The molecule has 0 bridgehead atoms. The second-order valence-electron chi connectivity index (χ2n) is 3.77. The third-order valence-electron chi connectivity index (χ3n) is 2.24. The van der Waals surface area contributed by atoms with Crippen LogP contribution in [0, 0.1) is 0 Å². The van der Waals surface area contributed by atoms with Crippen molar-refractivity contribution < 1.29 is 4.79 Å². The number of carbonyl (C=O) groups is 1. The Kier molecular flexibility index (Phi) is 4.17. The lowest BCUT2D eigenvalue weighted by molar-refractivity contribution is -0.120. The molecule has 2 N–H and O–H groups in total. The van der Waals surface area contributed by atoms with Gasteiger partial charge in [0, 0.05) is 12.6 Å². The Morgan fingerprint density at radius 3 is 2.75 bits per heavy atom. The van der Waals surface area contributed by atoms with Crippen molar-refractivity contribution >= 4 is 18.0 Å². The Labute approximate surface area is 95.7 Å². The molecular weight excluding hydrogens is 202 g/mol. The van der Waals surface area contributed by atoms with Gasteiger partial charge in [0.25, 0.3) is 5.91 Å². The van der Waals surface area contributed by atoms with Gasteiger partial charge >= 0.3 is 0 Å². The fraction of sp³-hybridized carbons (Fsp3) is 0.417. The first-order valence-corrected chi connectivity index (χ1v) is 5.34. The topological polar surface area (TPSA) is 67.8 Å². The third-order valence-corrected chi connectivity index (χ3v) is 2.24. The molecule has 0 saturated heterocycles. The van der Waals surface area contributed by atoms with E-state index in [0.29, 0.717) is 12.3 Å². The largest absolute Gasteiger partial charge is 0.367 e. The maximum atomic E-state index is 11.1. The van der Waals surface area contributed by atoms with Crippen LogP contribution in [0.5, 0.6) is 0 Å². The van der Waals surface area contributed by atoms with Crippen molar-refractivity contribution in [2.45, 2.75) is 32.2 Å². The maximum Gasteiger partial charge on any atom is 0.250 e. The minimum atomic E-state index is -0.956. The van der Waals surface area contributed by atoms with Gasteiger partial charge in [-0.05, 0) is 13.3 Å². The molecule has 16 heavy (non-hydrogen) atoms. The van der Waals surface area contributed by atoms with E-state index in [2.05, 4.69) is 23.0 Å². The van der Waals surface area contributed by atoms with Crippen LogP contribution in [0.3, 0.4) is 0 Å². The number of amides is 1. The van der Waals surface area contributed by atoms with Crippen LogP contribution in [-0.2, 0) is 4.79 Å². The molecule has 0 spiro atoms. The van der Waals surface area contributed by atoms with Crippen molar-refractivity contribution in [3.05, 3.63) is 24.3 Å². The van der Waals surface area contributed by atoms with Crippen LogP contribution in [0.15, 0.2) is 34.3 Å². The predicted octanol–water partition coefficient (Wildman–Crippen LogP) is 1.63. The van der Waals surface area contributed by atoms with Crippen LogP contribution < -0.4 is 5.73 Å². The minimum absolute atomic E-state index is 0.471. The standard InChI is InChI=1S/C12H17N3O/c1-3-4-5-6-7-8-10-14-9-12(2,15-10)11(13)16/h4-7,9H,3,8H2,1-2H3,(H2,13,16). The lowest BCUT2D eigenvalue weighted by atomic mass is 10.1. The lowest BCUT2D eigenvalue weighted by Crippen LogP contribution is -2.39. The number of nitrogens with two attached hydrogens (primary N) is 1. The molecule has 1 aliphatic heterocycles. The number of amidine groups is 1. The molecular formula is C12H17N3O. The lowest BCUT2D eigenvalue weighted by Gasteiger charge is -2.10. The summed E-state index contributed by atoms with van der Waals surface area (Å²) in [5.41, 5.74) is 4.27. The molecule has 0 saturated carbocycles. The monoisotopic (exact) mass is 219 g/mol. The Hall–Kier alpha value is -1.71. The molecule has 1 amide bonds. The summed E-state index contributed by atoms with van der Waals surface area (Å²) in [7, 11) is 0. The smallest absolute Gasteiger partial charge is 0.250 e. The average molecular weight is 219 g/mol. The van der Waals surface area contributed by atoms with Crippen LogP contribution in [0.25, 0.3) is 0 Å². The highest BCUT2D eigenvalue weighted by atomic mass is 16.1. The summed E-state index contributed by atoms with van der Waals surface area (Å²) in [5, 5.41) is 0. The number of primary amides is 1. The fourth-order valence-corrected chi connectivity index (χ4v) is 1.21. The Bertz CT molecular complexity index is 380. The number of hydrogen-bond acceptors (Lipinski definition) is 3. The summed E-state index contributed by atoms with van der Waals surface area (Å²) >= 11 is 0. The zero-order valence-corrected chi connectivity index (χ0v) is 9.68. The van der Waals surface area contributed by atoms with E-state index in [1.54, 1.807) is 6.92 Å². The summed E-state index contributed by atoms with van der Waals surface area (Å²) in [6.45, 7) is 3.74. The van der Waals surface area contributed by atoms with Crippen LogP contribution >= 0.6 is 0 Å². The third kappa shape index (κ3) is 3.15. The van der Waals surface area contributed by atoms with E-state index in [0.717, 1.165) is 6.42 Å². The molecule has 1 rings (SSSR count). The van der Waals surface area contributed by atoms with Crippen molar-refractivity contribution in [1.29, 1.82) is 0 Å². The molecule has 0 fully saturated rings. The Morgan fingerprint density at radius 2 is 2.19 bits per heavy atom. The van der Waals surface area contributed by atoms with E-state index in [-0.39, 0.29) is 0 Å². The van der Waals surface area contributed by atoms with E-state index in [9.17, 15) is 4.79 Å². The van der Waals surface area contributed by atoms with Gasteiger partial charge in [-0.1, -0.05) is 31.2 Å². The van der Waals surface area contributed by atoms with Gasteiger partial charge in [0.15, 0.2) is 5.54 Å². The maximum absolute atomic E-state index is 11.1. The molecule has 4 nitrogen and oxygen atoms in total. The van der Waals surface area contributed by atoms with Gasteiger partial charge in [0.1, 0.15) is 5.84 Å². The van der Waals surface area contributed by atoms with Crippen molar-refractivity contribution in [2.75, 3.05) is 0 Å². The van der Waals surface area contributed by atoms with E-state index >= 15 is 0 Å². The van der Waals surface area contributed by atoms with Gasteiger partial charge in [-0.3, -0.25) is 4.79 Å². The minimum Gasteiger partial charge on any atom is -0.367 e. The van der Waals surface area contributed by atoms with E-state index in [1.165, 1.54) is 6.21 Å². The van der Waals surface area contributed by atoms with Gasteiger partial charge in [0.2, 0.25) is 0 Å². The van der Waals surface area contributed by atoms with Gasteiger partial charge in [-0.15, -0.1) is 0 Å². The van der Waals surface area contributed by atoms with Gasteiger partial charge in [-0.2, -0.15) is 0 Å². The zero-order valence-electron chi connectivity index (χ0n) is 9.68. The first-order valence-electron chi connectivity index (χ1n) is 5.34. The highest BCUT2D eigenvalue weighted by Crippen LogP contribution is 2.14. The molecule has 1 atom stereocenters. The number of carbonyl (C=O) groups excluding carboxylic acids is 1. The first-order chi connectivity index (χ1) is 7.58. The van der Waals surface area contributed by atoms with Crippen LogP contribution in [0.4, 0.5) is 0 Å². The molecule has 1 unspecified atom stereocenters. The molecule has 1 aliphatic rings. The van der Waals surface area contributed by atoms with Crippen molar-refractivity contribution in [3.63, 3.8) is 0 Å². The quantitative estimate of drug-likeness (QED) is 0.701. The summed E-state index contributed by atoms with van der Waals surface area (Å²) < 4.78 is 0. The molecule has 4 heteroatoms. The van der Waals surface area contributed by atoms with E-state index < -0.39 is 11.4 Å². The molecule has 86 valence electrons. The number of hydrogen-bond donors (Lipinski definition) is 1. The SMILES string of the molecule is CCC=CC=CCC1=NC(C)(C(N)=O)C=N1. The second-order valence-corrected chi connectivity index (χ2v) is 3.77. The zero-order chi connectivity index (χ0) is 12.0. The Balaban J connectivity index is 2.53. The van der Waals surface area contributed by atoms with E-state index in [4.69, 9.17) is 5.73 Å². The van der Waals surface area contributed by atoms with Crippen LogP contribution in [0.2, 0.25) is 0 Å². The van der Waals surface area contributed by atoms with Crippen molar-refractivity contribution in [2.24, 2.45) is 15.7 Å². The highest BCUT2D eigenvalue weighted by molar-refractivity contribution is 6.11. The van der Waals surface area contributed by atoms with Gasteiger partial charge in [0.05, 0.1) is 0 Å². The predicted molar refractivity (Wildman–Crippen MR) is 66.7 cm³/mol. The molecule has 0 aromatic carbocycles. The van der Waals surface area contributed by atoms with Crippen molar-refractivity contribution in [1.82, 2.24) is 0 Å². The normalized spacial score (nSPS) is 24.5. The molecule has 0 aromatic heterocycles. The summed E-state index contributed by atoms with van der Waals surface area (Å²) in [4.78, 5) is 19.3. The number of rotatable bonds is 5. The highest BCUT2D eigenvalue weighted by Gasteiger charge is 2.32. The molecule has 0 aromatic rings. The Morgan fingerprint density at radius 1 is 1.50 bits per heavy atom. The summed E-state index contributed by atoms with van der Waals surface area (Å²) in [6, 6.07) is 0. The summed E-state index contributed by atoms with van der Waals surface area (Å²) in [6.07, 6.45) is 11.1. The first kappa shape index (κ1) is 12.4. The fourth-order valence-electron chi connectivity index (χ4n) is 1.21.